The summed E-state index contributed by atoms with van der Waals surface area (Å²) < 4.78 is 2.34. The summed E-state index contributed by atoms with van der Waals surface area (Å²) in [6, 6.07) is 25.8. The van der Waals surface area contributed by atoms with E-state index in [1.165, 1.54) is 33.0 Å². The lowest BCUT2D eigenvalue weighted by molar-refractivity contribution is 1.18. The average molecular weight is 255 g/mol. The van der Waals surface area contributed by atoms with Crippen LogP contribution in [0.3, 0.4) is 0 Å². The number of hydrogen-bond acceptors (Lipinski definition) is 0. The number of fused-ring (bicyclic) bond motifs is 3. The van der Waals surface area contributed by atoms with Gasteiger partial charge in [0.1, 0.15) is 7.85 Å². The van der Waals surface area contributed by atoms with Crippen molar-refractivity contribution in [1.29, 1.82) is 0 Å². The SMILES string of the molecule is Bc1ccc2c(c1)c1ccccc1n2-c1ccccc1. The molecule has 0 saturated carbocycles. The minimum atomic E-state index is 1.21. The number of nitrogens with zero attached hydrogens (tertiary/aromatic N) is 1. The van der Waals surface area contributed by atoms with E-state index in [1.54, 1.807) is 0 Å². The maximum Gasteiger partial charge on any atom is 0.139 e. The van der Waals surface area contributed by atoms with Gasteiger partial charge in [-0.1, -0.05) is 54.0 Å². The molecule has 0 spiro atoms. The van der Waals surface area contributed by atoms with Crippen molar-refractivity contribution in [2.45, 2.75) is 0 Å². The number of benzene rings is 3. The maximum atomic E-state index is 2.34. The molecule has 94 valence electrons. The predicted molar refractivity (Wildman–Crippen MR) is 89.0 cm³/mol. The van der Waals surface area contributed by atoms with Gasteiger partial charge in [0.15, 0.2) is 0 Å². The molecule has 20 heavy (non-hydrogen) atoms. The van der Waals surface area contributed by atoms with Gasteiger partial charge in [-0.05, 0) is 24.3 Å². The van der Waals surface area contributed by atoms with E-state index in [4.69, 9.17) is 0 Å². The summed E-state index contributed by atoms with van der Waals surface area (Å²) in [6.45, 7) is 0. The first kappa shape index (κ1) is 11.4. The molecule has 0 aliphatic heterocycles. The second kappa shape index (κ2) is 4.27. The van der Waals surface area contributed by atoms with Crippen molar-refractivity contribution >= 4 is 35.1 Å². The lowest BCUT2D eigenvalue weighted by Gasteiger charge is -2.07. The van der Waals surface area contributed by atoms with Crippen molar-refractivity contribution in [1.82, 2.24) is 4.57 Å². The van der Waals surface area contributed by atoms with Crippen molar-refractivity contribution in [2.75, 3.05) is 0 Å². The van der Waals surface area contributed by atoms with E-state index < -0.39 is 0 Å². The number of aromatic nitrogens is 1. The van der Waals surface area contributed by atoms with Crippen LogP contribution in [0.2, 0.25) is 0 Å². The third-order valence-electron chi connectivity index (χ3n) is 3.84. The van der Waals surface area contributed by atoms with Crippen LogP contribution in [0.25, 0.3) is 27.5 Å². The first-order valence-electron chi connectivity index (χ1n) is 6.90. The van der Waals surface area contributed by atoms with Gasteiger partial charge in [-0.15, -0.1) is 0 Å². The number of para-hydroxylation sites is 2. The smallest absolute Gasteiger partial charge is 0.139 e. The Hall–Kier alpha value is -2.48. The molecule has 0 unspecified atom stereocenters. The molecule has 0 fully saturated rings. The molecule has 0 radical (unpaired) electrons. The Morgan fingerprint density at radius 3 is 2.20 bits per heavy atom. The molecule has 1 nitrogen and oxygen atoms in total. The van der Waals surface area contributed by atoms with Crippen LogP contribution in [-0.2, 0) is 0 Å². The van der Waals surface area contributed by atoms with E-state index in [0.717, 1.165) is 0 Å². The fourth-order valence-corrected chi connectivity index (χ4v) is 2.94. The van der Waals surface area contributed by atoms with Crippen molar-refractivity contribution < 1.29 is 0 Å². The van der Waals surface area contributed by atoms with Crippen LogP contribution in [0.15, 0.2) is 72.8 Å². The second-order valence-corrected chi connectivity index (χ2v) is 5.21. The summed E-state index contributed by atoms with van der Waals surface area (Å²) >= 11 is 0. The summed E-state index contributed by atoms with van der Waals surface area (Å²) in [6.07, 6.45) is 0. The van der Waals surface area contributed by atoms with E-state index in [-0.39, 0.29) is 0 Å². The first-order chi connectivity index (χ1) is 9.84. The standard InChI is InChI=1S/C18H14BN/c19-13-10-11-18-16(12-13)15-8-4-5-9-17(15)20(18)14-6-2-1-3-7-14/h1-12H,19H2. The third-order valence-corrected chi connectivity index (χ3v) is 3.84. The molecule has 1 aromatic heterocycles. The summed E-state index contributed by atoms with van der Waals surface area (Å²) in [5.41, 5.74) is 5.04. The second-order valence-electron chi connectivity index (χ2n) is 5.21. The Morgan fingerprint density at radius 1 is 0.650 bits per heavy atom. The summed E-state index contributed by atoms with van der Waals surface area (Å²) in [4.78, 5) is 0. The highest BCUT2D eigenvalue weighted by Crippen LogP contribution is 2.30. The van der Waals surface area contributed by atoms with Gasteiger partial charge in [0.25, 0.3) is 0 Å². The summed E-state index contributed by atoms with van der Waals surface area (Å²) in [5, 5.41) is 2.64. The van der Waals surface area contributed by atoms with Gasteiger partial charge in [0, 0.05) is 16.5 Å². The molecule has 0 atom stereocenters. The number of hydrogen-bond donors (Lipinski definition) is 0. The van der Waals surface area contributed by atoms with Gasteiger partial charge in [-0.25, -0.2) is 0 Å². The van der Waals surface area contributed by atoms with Gasteiger partial charge in [-0.2, -0.15) is 0 Å². The van der Waals surface area contributed by atoms with E-state index in [1.807, 2.05) is 0 Å². The fourth-order valence-electron chi connectivity index (χ4n) is 2.94. The van der Waals surface area contributed by atoms with Crippen LogP contribution < -0.4 is 5.46 Å². The number of rotatable bonds is 1. The van der Waals surface area contributed by atoms with Crippen molar-refractivity contribution in [2.24, 2.45) is 0 Å². The van der Waals surface area contributed by atoms with E-state index in [0.29, 0.717) is 0 Å². The molecule has 0 N–H and O–H groups in total. The molecule has 0 saturated heterocycles. The lowest BCUT2D eigenvalue weighted by Crippen LogP contribution is -2.00. The van der Waals surface area contributed by atoms with Gasteiger partial charge in [0.05, 0.1) is 11.0 Å². The van der Waals surface area contributed by atoms with Gasteiger partial charge < -0.3 is 4.57 Å². The highest BCUT2D eigenvalue weighted by atomic mass is 15.0. The van der Waals surface area contributed by atoms with Crippen molar-refractivity contribution in [3.63, 3.8) is 0 Å². The normalized spacial score (nSPS) is 11.2. The Kier molecular flexibility index (Phi) is 2.43. The van der Waals surface area contributed by atoms with Crippen LogP contribution in [0, 0.1) is 0 Å². The van der Waals surface area contributed by atoms with Gasteiger partial charge in [0.2, 0.25) is 0 Å². The molecular formula is C18H14BN. The summed E-state index contributed by atoms with van der Waals surface area (Å²) in [7, 11) is 2.15. The first-order valence-corrected chi connectivity index (χ1v) is 6.90. The van der Waals surface area contributed by atoms with Gasteiger partial charge >= 0.3 is 0 Å². The largest absolute Gasteiger partial charge is 0.309 e. The average Bonchev–Trinajstić information content (AvgIpc) is 2.82. The fraction of sp³-hybridized carbons (Fsp3) is 0. The molecular weight excluding hydrogens is 241 g/mol. The van der Waals surface area contributed by atoms with E-state index >= 15 is 0 Å². The molecule has 0 bridgehead atoms. The quantitative estimate of drug-likeness (QED) is 0.461. The Labute approximate surface area is 118 Å². The zero-order valence-corrected chi connectivity index (χ0v) is 11.4. The van der Waals surface area contributed by atoms with Crippen molar-refractivity contribution in [3.05, 3.63) is 72.8 Å². The topological polar surface area (TPSA) is 4.93 Å². The monoisotopic (exact) mass is 255 g/mol. The predicted octanol–water partition coefficient (Wildman–Crippen LogP) is 3.04. The Morgan fingerprint density at radius 2 is 1.35 bits per heavy atom. The van der Waals surface area contributed by atoms with Crippen LogP contribution in [0.5, 0.6) is 0 Å². The highest BCUT2D eigenvalue weighted by Gasteiger charge is 2.10. The van der Waals surface area contributed by atoms with Crippen LogP contribution in [0.1, 0.15) is 0 Å². The van der Waals surface area contributed by atoms with Crippen molar-refractivity contribution in [3.8, 4) is 5.69 Å². The Balaban J connectivity index is 2.22. The van der Waals surface area contributed by atoms with Gasteiger partial charge in [-0.3, -0.25) is 0 Å². The highest BCUT2D eigenvalue weighted by molar-refractivity contribution is 6.33. The van der Waals surface area contributed by atoms with Crippen LogP contribution >= 0.6 is 0 Å². The Bertz CT molecular complexity index is 907. The molecule has 0 aliphatic carbocycles. The van der Waals surface area contributed by atoms with E-state index in [2.05, 4.69) is 85.2 Å². The van der Waals surface area contributed by atoms with E-state index in [9.17, 15) is 0 Å². The molecule has 3 aromatic carbocycles. The maximum absolute atomic E-state index is 2.34. The van der Waals surface area contributed by atoms with Crippen LogP contribution in [-0.4, -0.2) is 12.4 Å². The van der Waals surface area contributed by atoms with Crippen LogP contribution in [0.4, 0.5) is 0 Å². The molecule has 4 aromatic rings. The molecule has 4 rings (SSSR count). The molecule has 0 aliphatic rings. The minimum Gasteiger partial charge on any atom is -0.309 e. The zero-order chi connectivity index (χ0) is 13.5. The minimum absolute atomic E-state index is 1.21. The lowest BCUT2D eigenvalue weighted by atomic mass is 9.94. The third kappa shape index (κ3) is 1.58. The zero-order valence-electron chi connectivity index (χ0n) is 11.4. The summed E-state index contributed by atoms with van der Waals surface area (Å²) in [5.74, 6) is 0. The molecule has 0 amide bonds. The molecule has 2 heteroatoms. The molecule has 1 heterocycles.